The molecule has 1 saturated heterocycles. The topological polar surface area (TPSA) is 90.3 Å². The number of aromatic nitrogens is 3. The fourth-order valence-corrected chi connectivity index (χ4v) is 3.43. The molecule has 2 aliphatic heterocycles. The number of carbonyl (C=O) groups excluding carboxylic acids is 1. The monoisotopic (exact) mass is 371 g/mol. The largest absolute Gasteiger partial charge is 0.490 e. The minimum Gasteiger partial charge on any atom is -0.490 e. The van der Waals surface area contributed by atoms with Crippen LogP contribution in [0.3, 0.4) is 0 Å². The van der Waals surface area contributed by atoms with Crippen LogP contribution in [0.25, 0.3) is 0 Å². The van der Waals surface area contributed by atoms with Crippen molar-refractivity contribution in [3.63, 3.8) is 0 Å². The van der Waals surface area contributed by atoms with Gasteiger partial charge < -0.3 is 20.1 Å². The second-order valence-electron chi connectivity index (χ2n) is 7.05. The molecule has 27 heavy (non-hydrogen) atoms. The first-order chi connectivity index (χ1) is 13.3. The minimum atomic E-state index is -0.227. The first-order valence-corrected chi connectivity index (χ1v) is 9.55. The van der Waals surface area contributed by atoms with E-state index in [-0.39, 0.29) is 5.91 Å². The molecule has 144 valence electrons. The summed E-state index contributed by atoms with van der Waals surface area (Å²) in [6.07, 6.45) is 4.95. The van der Waals surface area contributed by atoms with Crippen molar-refractivity contribution in [2.45, 2.75) is 32.4 Å². The first kappa shape index (κ1) is 17.8. The Morgan fingerprint density at radius 2 is 2.15 bits per heavy atom. The third-order valence-electron chi connectivity index (χ3n) is 4.88. The van der Waals surface area contributed by atoms with Crippen molar-refractivity contribution in [3.8, 4) is 11.5 Å². The lowest BCUT2D eigenvalue weighted by Crippen LogP contribution is -2.32. The van der Waals surface area contributed by atoms with Gasteiger partial charge in [0.1, 0.15) is 0 Å². The molecule has 1 aromatic carbocycles. The molecule has 1 atom stereocenters. The fraction of sp³-hybridized carbons (Fsp3) is 0.526. The van der Waals surface area contributed by atoms with Crippen molar-refractivity contribution in [2.24, 2.45) is 5.92 Å². The number of benzene rings is 1. The van der Waals surface area contributed by atoms with E-state index in [0.29, 0.717) is 31.4 Å². The number of hydrogen-bond donors (Lipinski definition) is 2. The maximum Gasteiger partial charge on any atom is 0.273 e. The van der Waals surface area contributed by atoms with Crippen LogP contribution in [0.2, 0.25) is 0 Å². The SMILES string of the molecule is O=C(NCc1ccc2c(c1)OCCCO2)c1cn(CC2CCCNC2)nn1. The Labute approximate surface area is 158 Å². The average Bonchev–Trinajstić information content (AvgIpc) is 3.03. The number of rotatable bonds is 5. The molecule has 0 spiro atoms. The molecule has 1 amide bonds. The summed E-state index contributed by atoms with van der Waals surface area (Å²) in [5, 5.41) is 14.4. The highest BCUT2D eigenvalue weighted by Gasteiger charge is 2.17. The van der Waals surface area contributed by atoms with Crippen LogP contribution in [-0.4, -0.2) is 47.2 Å². The molecule has 1 aromatic heterocycles. The van der Waals surface area contributed by atoms with Gasteiger partial charge in [-0.2, -0.15) is 0 Å². The van der Waals surface area contributed by atoms with Crippen molar-refractivity contribution in [2.75, 3.05) is 26.3 Å². The standard InChI is InChI=1S/C19H25N5O3/c25-19(16-13-24(23-22-16)12-15-3-1-6-20-10-15)21-11-14-4-5-17-18(9-14)27-8-2-7-26-17/h4-5,9,13,15,20H,1-3,6-8,10-12H2,(H,21,25). The maximum atomic E-state index is 12.4. The van der Waals surface area contributed by atoms with Crippen molar-refractivity contribution in [1.82, 2.24) is 25.6 Å². The van der Waals surface area contributed by atoms with E-state index in [9.17, 15) is 4.79 Å². The van der Waals surface area contributed by atoms with E-state index < -0.39 is 0 Å². The van der Waals surface area contributed by atoms with Crippen LogP contribution in [0.4, 0.5) is 0 Å². The second-order valence-corrected chi connectivity index (χ2v) is 7.05. The lowest BCUT2D eigenvalue weighted by molar-refractivity contribution is 0.0945. The van der Waals surface area contributed by atoms with Gasteiger partial charge >= 0.3 is 0 Å². The number of nitrogens with one attached hydrogen (secondary N) is 2. The minimum absolute atomic E-state index is 0.227. The van der Waals surface area contributed by atoms with E-state index in [1.807, 2.05) is 18.2 Å². The van der Waals surface area contributed by atoms with Crippen molar-refractivity contribution in [3.05, 3.63) is 35.7 Å². The molecule has 2 aliphatic rings. The molecule has 1 fully saturated rings. The van der Waals surface area contributed by atoms with Gasteiger partial charge in [0.15, 0.2) is 17.2 Å². The van der Waals surface area contributed by atoms with E-state index in [0.717, 1.165) is 43.1 Å². The van der Waals surface area contributed by atoms with Gasteiger partial charge in [0.05, 0.1) is 19.4 Å². The molecule has 2 aromatic rings. The first-order valence-electron chi connectivity index (χ1n) is 9.55. The number of fused-ring (bicyclic) bond motifs is 1. The number of nitrogens with zero attached hydrogens (tertiary/aromatic N) is 3. The third kappa shape index (κ3) is 4.57. The van der Waals surface area contributed by atoms with Gasteiger partial charge in [-0.3, -0.25) is 9.48 Å². The molecule has 2 N–H and O–H groups in total. The van der Waals surface area contributed by atoms with Gasteiger partial charge in [-0.15, -0.1) is 5.10 Å². The molecular formula is C19H25N5O3. The smallest absolute Gasteiger partial charge is 0.273 e. The Morgan fingerprint density at radius 1 is 1.26 bits per heavy atom. The Balaban J connectivity index is 1.32. The average molecular weight is 371 g/mol. The normalized spacial score (nSPS) is 19.3. The van der Waals surface area contributed by atoms with E-state index in [1.54, 1.807) is 10.9 Å². The lowest BCUT2D eigenvalue weighted by atomic mass is 10.00. The molecule has 8 nitrogen and oxygen atoms in total. The molecule has 0 saturated carbocycles. The van der Waals surface area contributed by atoms with Crippen LogP contribution >= 0.6 is 0 Å². The van der Waals surface area contributed by atoms with E-state index in [1.165, 1.54) is 12.8 Å². The van der Waals surface area contributed by atoms with Gasteiger partial charge in [0, 0.05) is 19.5 Å². The zero-order chi connectivity index (χ0) is 18.5. The van der Waals surface area contributed by atoms with Crippen LogP contribution < -0.4 is 20.1 Å². The third-order valence-corrected chi connectivity index (χ3v) is 4.88. The highest BCUT2D eigenvalue weighted by molar-refractivity contribution is 5.91. The molecule has 3 heterocycles. The predicted octanol–water partition coefficient (Wildman–Crippen LogP) is 1.37. The summed E-state index contributed by atoms with van der Waals surface area (Å²) in [4.78, 5) is 12.4. The second kappa shape index (κ2) is 8.39. The van der Waals surface area contributed by atoms with Gasteiger partial charge in [-0.05, 0) is 49.5 Å². The van der Waals surface area contributed by atoms with Gasteiger partial charge in [-0.25, -0.2) is 0 Å². The van der Waals surface area contributed by atoms with Crippen molar-refractivity contribution >= 4 is 5.91 Å². The van der Waals surface area contributed by atoms with Crippen LogP contribution in [-0.2, 0) is 13.1 Å². The summed E-state index contributed by atoms with van der Waals surface area (Å²) in [5.41, 5.74) is 1.29. The van der Waals surface area contributed by atoms with Gasteiger partial charge in [-0.1, -0.05) is 11.3 Å². The number of amides is 1. The molecule has 0 radical (unpaired) electrons. The van der Waals surface area contributed by atoms with E-state index in [2.05, 4.69) is 20.9 Å². The Kier molecular flexibility index (Phi) is 5.53. The van der Waals surface area contributed by atoms with E-state index >= 15 is 0 Å². The Morgan fingerprint density at radius 3 is 3.00 bits per heavy atom. The molecule has 0 aliphatic carbocycles. The number of ether oxygens (including phenoxy) is 2. The molecule has 8 heteroatoms. The lowest BCUT2D eigenvalue weighted by Gasteiger charge is -2.22. The number of carbonyl (C=O) groups is 1. The summed E-state index contributed by atoms with van der Waals surface area (Å²) < 4.78 is 13.1. The van der Waals surface area contributed by atoms with Gasteiger partial charge in [0.25, 0.3) is 5.91 Å². The maximum absolute atomic E-state index is 12.4. The van der Waals surface area contributed by atoms with Crippen LogP contribution in [0, 0.1) is 5.92 Å². The Hall–Kier alpha value is -2.61. The summed E-state index contributed by atoms with van der Waals surface area (Å²) in [6, 6.07) is 5.73. The fourth-order valence-electron chi connectivity index (χ4n) is 3.43. The zero-order valence-corrected chi connectivity index (χ0v) is 15.3. The number of piperidine rings is 1. The van der Waals surface area contributed by atoms with E-state index in [4.69, 9.17) is 9.47 Å². The Bertz CT molecular complexity index is 785. The van der Waals surface area contributed by atoms with Crippen molar-refractivity contribution < 1.29 is 14.3 Å². The summed E-state index contributed by atoms with van der Waals surface area (Å²) in [7, 11) is 0. The highest BCUT2D eigenvalue weighted by atomic mass is 16.5. The summed E-state index contributed by atoms with van der Waals surface area (Å²) in [5.74, 6) is 1.79. The highest BCUT2D eigenvalue weighted by Crippen LogP contribution is 2.30. The summed E-state index contributed by atoms with van der Waals surface area (Å²) in [6.45, 7) is 4.56. The summed E-state index contributed by atoms with van der Waals surface area (Å²) >= 11 is 0. The molecule has 4 rings (SSSR count). The van der Waals surface area contributed by atoms with Gasteiger partial charge in [0.2, 0.25) is 0 Å². The van der Waals surface area contributed by atoms with Crippen LogP contribution in [0.5, 0.6) is 11.5 Å². The molecular weight excluding hydrogens is 346 g/mol. The zero-order valence-electron chi connectivity index (χ0n) is 15.3. The molecule has 0 bridgehead atoms. The molecule has 1 unspecified atom stereocenters. The number of hydrogen-bond acceptors (Lipinski definition) is 6. The van der Waals surface area contributed by atoms with Crippen molar-refractivity contribution in [1.29, 1.82) is 0 Å². The predicted molar refractivity (Wildman–Crippen MR) is 98.8 cm³/mol. The van der Waals surface area contributed by atoms with Crippen LogP contribution in [0.1, 0.15) is 35.3 Å². The van der Waals surface area contributed by atoms with Crippen LogP contribution in [0.15, 0.2) is 24.4 Å². The quantitative estimate of drug-likeness (QED) is 0.825.